The third-order valence-corrected chi connectivity index (χ3v) is 6.34. The number of hydrogen-bond donors (Lipinski definition) is 2. The van der Waals surface area contributed by atoms with E-state index >= 15 is 0 Å². The van der Waals surface area contributed by atoms with Gasteiger partial charge in [0.1, 0.15) is 5.82 Å². The number of carbonyl (C=O) groups excluding carboxylic acids is 1. The lowest BCUT2D eigenvalue weighted by atomic mass is 9.81. The van der Waals surface area contributed by atoms with Gasteiger partial charge in [-0.25, -0.2) is 9.18 Å². The van der Waals surface area contributed by atoms with Crippen LogP contribution < -0.4 is 10.6 Å². The van der Waals surface area contributed by atoms with E-state index in [0.29, 0.717) is 17.8 Å². The average Bonchev–Trinajstić information content (AvgIpc) is 3.11. The fraction of sp³-hybridized carbons (Fsp3) is 0.450. The van der Waals surface area contributed by atoms with Crippen molar-refractivity contribution in [3.05, 3.63) is 52.5 Å². The molecule has 2 saturated heterocycles. The molecule has 4 nitrogen and oxygen atoms in total. The molecular weight excluding hydrogens is 349 g/mol. The summed E-state index contributed by atoms with van der Waals surface area (Å²) in [6, 6.07) is 11.3. The zero-order valence-corrected chi connectivity index (χ0v) is 15.5. The minimum Gasteiger partial charge on any atom is -0.335 e. The molecule has 2 amide bonds. The first-order valence-electron chi connectivity index (χ1n) is 9.28. The van der Waals surface area contributed by atoms with Crippen LogP contribution in [-0.2, 0) is 6.54 Å². The first-order valence-corrected chi connectivity index (χ1v) is 10.2. The van der Waals surface area contributed by atoms with E-state index in [1.165, 1.54) is 36.3 Å². The van der Waals surface area contributed by atoms with E-state index in [2.05, 4.69) is 33.0 Å². The van der Waals surface area contributed by atoms with Crippen molar-refractivity contribution in [3.63, 3.8) is 0 Å². The van der Waals surface area contributed by atoms with Crippen LogP contribution in [0.5, 0.6) is 0 Å². The Morgan fingerprint density at radius 2 is 1.88 bits per heavy atom. The number of piperidine rings is 2. The van der Waals surface area contributed by atoms with Crippen molar-refractivity contribution in [1.29, 1.82) is 0 Å². The molecule has 1 unspecified atom stereocenters. The van der Waals surface area contributed by atoms with Gasteiger partial charge in [-0.2, -0.15) is 0 Å². The average molecular weight is 373 g/mol. The predicted molar refractivity (Wildman–Crippen MR) is 103 cm³/mol. The van der Waals surface area contributed by atoms with E-state index in [4.69, 9.17) is 0 Å². The number of fused-ring (bicyclic) bond motifs is 2. The highest BCUT2D eigenvalue weighted by Gasteiger charge is 2.38. The lowest BCUT2D eigenvalue weighted by molar-refractivity contribution is 0.0208. The summed E-state index contributed by atoms with van der Waals surface area (Å²) in [5, 5.41) is 8.06. The lowest BCUT2D eigenvalue weighted by Gasteiger charge is -2.48. The van der Waals surface area contributed by atoms with Crippen molar-refractivity contribution in [1.82, 2.24) is 10.2 Å². The van der Waals surface area contributed by atoms with E-state index in [9.17, 15) is 9.18 Å². The number of amides is 2. The number of halogens is 1. The topological polar surface area (TPSA) is 44.4 Å². The number of nitrogens with zero attached hydrogens (tertiary/aromatic N) is 1. The number of carbonyl (C=O) groups is 1. The second-order valence-corrected chi connectivity index (χ2v) is 8.30. The Labute approximate surface area is 157 Å². The second kappa shape index (κ2) is 7.76. The fourth-order valence-corrected chi connectivity index (χ4v) is 5.04. The third kappa shape index (κ3) is 4.07. The second-order valence-electron chi connectivity index (χ2n) is 7.26. The van der Waals surface area contributed by atoms with Crippen LogP contribution >= 0.6 is 11.3 Å². The van der Waals surface area contributed by atoms with E-state index in [-0.39, 0.29) is 17.9 Å². The Balaban J connectivity index is 1.34. The van der Waals surface area contributed by atoms with Gasteiger partial charge in [0.05, 0.1) is 0 Å². The summed E-state index contributed by atoms with van der Waals surface area (Å²) in [5.41, 5.74) is 0.610. The van der Waals surface area contributed by atoms with Crippen LogP contribution in [-0.4, -0.2) is 29.1 Å². The van der Waals surface area contributed by atoms with Crippen molar-refractivity contribution in [2.45, 2.75) is 56.8 Å². The van der Waals surface area contributed by atoms with Crippen LogP contribution in [0.15, 0.2) is 41.8 Å². The number of anilines is 1. The predicted octanol–water partition coefficient (Wildman–Crippen LogP) is 4.59. The van der Waals surface area contributed by atoms with Crippen molar-refractivity contribution in [2.24, 2.45) is 0 Å². The third-order valence-electron chi connectivity index (χ3n) is 5.48. The fourth-order valence-electron chi connectivity index (χ4n) is 4.32. The number of hydrogen-bond acceptors (Lipinski definition) is 3. The van der Waals surface area contributed by atoms with E-state index in [1.807, 2.05) is 11.3 Å². The molecule has 138 valence electrons. The van der Waals surface area contributed by atoms with Crippen molar-refractivity contribution in [2.75, 3.05) is 5.32 Å². The van der Waals surface area contributed by atoms with Crippen LogP contribution in [0, 0.1) is 5.82 Å². The number of urea groups is 1. The highest BCUT2D eigenvalue weighted by Crippen LogP contribution is 2.35. The largest absolute Gasteiger partial charge is 0.335 e. The van der Waals surface area contributed by atoms with Crippen LogP contribution in [0.25, 0.3) is 0 Å². The molecule has 2 aromatic rings. The maximum Gasteiger partial charge on any atom is 0.319 e. The Morgan fingerprint density at radius 3 is 2.54 bits per heavy atom. The molecule has 0 aliphatic carbocycles. The molecular formula is C20H24FN3OS. The standard InChI is InChI=1S/C20H24FN3OS/c21-14-6-8-15(9-7-14)22-20(25)23-16-11-17-3-1-4-18(12-16)24(17)13-19-5-2-10-26-19/h2,5-10,16-18H,1,3-4,11-13H2,(H2,22,23,25)/t16?,17-,18+. The number of nitrogens with one attached hydrogen (secondary N) is 2. The Morgan fingerprint density at radius 1 is 1.15 bits per heavy atom. The maximum absolute atomic E-state index is 13.0. The molecule has 2 N–H and O–H groups in total. The first-order chi connectivity index (χ1) is 12.7. The SMILES string of the molecule is O=C(Nc1ccc(F)cc1)NC1C[C@H]2CCC[C@@H](C1)N2Cc1cccs1. The van der Waals surface area contributed by atoms with Crippen LogP contribution in [0.3, 0.4) is 0 Å². The van der Waals surface area contributed by atoms with Crippen LogP contribution in [0.4, 0.5) is 14.9 Å². The van der Waals surface area contributed by atoms with E-state index in [1.54, 1.807) is 12.1 Å². The molecule has 2 aliphatic rings. The van der Waals surface area contributed by atoms with E-state index < -0.39 is 0 Å². The van der Waals surface area contributed by atoms with Crippen LogP contribution in [0.1, 0.15) is 37.0 Å². The van der Waals surface area contributed by atoms with Gasteiger partial charge in [0.15, 0.2) is 0 Å². The minimum atomic E-state index is -0.304. The molecule has 26 heavy (non-hydrogen) atoms. The number of rotatable bonds is 4. The van der Waals surface area contributed by atoms with Crippen molar-refractivity contribution in [3.8, 4) is 0 Å². The zero-order chi connectivity index (χ0) is 17.9. The van der Waals surface area contributed by atoms with Gasteiger partial charge < -0.3 is 10.6 Å². The number of benzene rings is 1. The highest BCUT2D eigenvalue weighted by atomic mass is 32.1. The molecule has 3 atom stereocenters. The molecule has 0 saturated carbocycles. The monoisotopic (exact) mass is 373 g/mol. The summed E-state index contributed by atoms with van der Waals surface area (Å²) < 4.78 is 13.0. The van der Waals surface area contributed by atoms with Gasteiger partial charge in [0, 0.05) is 35.2 Å². The van der Waals surface area contributed by atoms with Gasteiger partial charge in [0.25, 0.3) is 0 Å². The summed E-state index contributed by atoms with van der Waals surface area (Å²) >= 11 is 1.82. The summed E-state index contributed by atoms with van der Waals surface area (Å²) in [6.07, 6.45) is 5.70. The summed E-state index contributed by atoms with van der Waals surface area (Å²) in [5.74, 6) is -0.304. The quantitative estimate of drug-likeness (QED) is 0.823. The van der Waals surface area contributed by atoms with Crippen molar-refractivity contribution < 1.29 is 9.18 Å². The normalized spacial score (nSPS) is 25.7. The highest BCUT2D eigenvalue weighted by molar-refractivity contribution is 7.09. The molecule has 0 spiro atoms. The maximum atomic E-state index is 13.0. The van der Waals surface area contributed by atoms with E-state index in [0.717, 1.165) is 19.4 Å². The molecule has 2 fully saturated rings. The molecule has 6 heteroatoms. The van der Waals surface area contributed by atoms with Crippen molar-refractivity contribution >= 4 is 23.1 Å². The zero-order valence-electron chi connectivity index (χ0n) is 14.7. The minimum absolute atomic E-state index is 0.199. The van der Waals surface area contributed by atoms with Gasteiger partial charge >= 0.3 is 6.03 Å². The summed E-state index contributed by atoms with van der Waals surface area (Å²) in [7, 11) is 0. The lowest BCUT2D eigenvalue weighted by Crippen LogP contribution is -2.56. The smallest absolute Gasteiger partial charge is 0.319 e. The molecule has 1 aromatic heterocycles. The van der Waals surface area contributed by atoms with Gasteiger partial charge in [-0.05, 0) is 61.4 Å². The Hall–Kier alpha value is -1.92. The van der Waals surface area contributed by atoms with Gasteiger partial charge in [-0.1, -0.05) is 12.5 Å². The Kier molecular flexibility index (Phi) is 5.22. The summed E-state index contributed by atoms with van der Waals surface area (Å²) in [6.45, 7) is 1.03. The number of thiophene rings is 1. The molecule has 2 bridgehead atoms. The molecule has 4 rings (SSSR count). The molecule has 1 aromatic carbocycles. The van der Waals surface area contributed by atoms with Gasteiger partial charge in [0.2, 0.25) is 0 Å². The van der Waals surface area contributed by atoms with Gasteiger partial charge in [-0.15, -0.1) is 11.3 Å². The molecule has 0 radical (unpaired) electrons. The first kappa shape index (κ1) is 17.5. The Bertz CT molecular complexity index is 720. The van der Waals surface area contributed by atoms with Gasteiger partial charge in [-0.3, -0.25) is 4.90 Å². The van der Waals surface area contributed by atoms with Crippen LogP contribution in [0.2, 0.25) is 0 Å². The molecule has 3 heterocycles. The summed E-state index contributed by atoms with van der Waals surface area (Å²) in [4.78, 5) is 16.4. The molecule has 2 aliphatic heterocycles.